The number of nitrogens with zero attached hydrogens (tertiary/aromatic N) is 2. The second-order valence-electron chi connectivity index (χ2n) is 10.1. The van der Waals surface area contributed by atoms with Crippen LogP contribution < -0.4 is 9.62 Å². The van der Waals surface area contributed by atoms with Crippen LogP contribution in [0.25, 0.3) is 0 Å². The fraction of sp³-hybridized carbons (Fsp3) is 0.333. The molecule has 0 saturated heterocycles. The van der Waals surface area contributed by atoms with Crippen LogP contribution in [0.1, 0.15) is 37.5 Å². The van der Waals surface area contributed by atoms with Crippen LogP contribution in [0.2, 0.25) is 5.02 Å². The van der Waals surface area contributed by atoms with E-state index in [0.717, 1.165) is 15.4 Å². The van der Waals surface area contributed by atoms with Gasteiger partial charge in [0.15, 0.2) is 0 Å². The van der Waals surface area contributed by atoms with Gasteiger partial charge in [-0.1, -0.05) is 67.9 Å². The van der Waals surface area contributed by atoms with E-state index in [-0.39, 0.29) is 23.3 Å². The molecule has 0 aliphatic heterocycles. The maximum atomic E-state index is 14.0. The first kappa shape index (κ1) is 30.2. The van der Waals surface area contributed by atoms with Gasteiger partial charge in [-0.2, -0.15) is 0 Å². The molecule has 208 valence electrons. The topological polar surface area (TPSA) is 86.8 Å². The molecular weight excluding hydrogens is 534 g/mol. The van der Waals surface area contributed by atoms with Crippen molar-refractivity contribution in [2.24, 2.45) is 5.92 Å². The molecule has 0 fully saturated rings. The molecule has 3 aromatic rings. The van der Waals surface area contributed by atoms with Gasteiger partial charge in [-0.15, -0.1) is 0 Å². The molecule has 0 unspecified atom stereocenters. The molecule has 0 bridgehead atoms. The Hall–Kier alpha value is -3.36. The summed E-state index contributed by atoms with van der Waals surface area (Å²) in [6.07, 6.45) is 0. The van der Waals surface area contributed by atoms with Gasteiger partial charge in [0, 0.05) is 18.1 Å². The molecule has 0 heterocycles. The van der Waals surface area contributed by atoms with Gasteiger partial charge >= 0.3 is 0 Å². The predicted octanol–water partition coefficient (Wildman–Crippen LogP) is 5.34. The number of benzene rings is 3. The predicted molar refractivity (Wildman–Crippen MR) is 156 cm³/mol. The molecule has 1 atom stereocenters. The van der Waals surface area contributed by atoms with Gasteiger partial charge in [0.1, 0.15) is 12.6 Å². The van der Waals surface area contributed by atoms with E-state index in [2.05, 4.69) is 5.32 Å². The van der Waals surface area contributed by atoms with Gasteiger partial charge in [0.05, 0.1) is 10.6 Å². The van der Waals surface area contributed by atoms with Crippen LogP contribution in [0.5, 0.6) is 0 Å². The maximum Gasteiger partial charge on any atom is 0.264 e. The number of anilines is 1. The van der Waals surface area contributed by atoms with Crippen molar-refractivity contribution in [3.05, 3.63) is 94.5 Å². The standard InChI is InChI=1S/C30H36ClN3O4S/c1-21(2)18-32-30(36)24(5)33(19-25-10-9-11-26(31)17-25)29(35)20-34(28-16-22(3)14-15-23(28)4)39(37,38)27-12-7-6-8-13-27/h6-17,21,24H,18-20H2,1-5H3,(H,32,36)/t24-/m0/s1. The number of hydrogen-bond donors (Lipinski definition) is 1. The van der Waals surface area contributed by atoms with Crippen molar-refractivity contribution in [3.63, 3.8) is 0 Å². The first-order valence-electron chi connectivity index (χ1n) is 12.9. The average molecular weight is 570 g/mol. The summed E-state index contributed by atoms with van der Waals surface area (Å²) < 4.78 is 28.9. The third kappa shape index (κ3) is 7.83. The quantitative estimate of drug-likeness (QED) is 0.338. The summed E-state index contributed by atoms with van der Waals surface area (Å²) >= 11 is 6.19. The Bertz CT molecular complexity index is 1410. The van der Waals surface area contributed by atoms with Gasteiger partial charge in [-0.25, -0.2) is 8.42 Å². The van der Waals surface area contributed by atoms with Crippen LogP contribution in [-0.2, 0) is 26.2 Å². The monoisotopic (exact) mass is 569 g/mol. The van der Waals surface area contributed by atoms with Crippen molar-refractivity contribution in [1.29, 1.82) is 0 Å². The lowest BCUT2D eigenvalue weighted by Gasteiger charge is -2.32. The van der Waals surface area contributed by atoms with Gasteiger partial charge in [-0.05, 0) is 73.7 Å². The van der Waals surface area contributed by atoms with E-state index >= 15 is 0 Å². The smallest absolute Gasteiger partial charge is 0.264 e. The van der Waals surface area contributed by atoms with E-state index in [1.807, 2.05) is 39.0 Å². The summed E-state index contributed by atoms with van der Waals surface area (Å²) in [7, 11) is -4.10. The fourth-order valence-electron chi connectivity index (χ4n) is 4.09. The number of carbonyl (C=O) groups excluding carboxylic acids is 2. The molecule has 0 aliphatic carbocycles. The van der Waals surface area contributed by atoms with Crippen LogP contribution in [0.3, 0.4) is 0 Å². The van der Waals surface area contributed by atoms with Crippen molar-refractivity contribution in [3.8, 4) is 0 Å². The van der Waals surface area contributed by atoms with Crippen molar-refractivity contribution < 1.29 is 18.0 Å². The summed E-state index contributed by atoms with van der Waals surface area (Å²) in [6.45, 7) is 9.34. The zero-order valence-corrected chi connectivity index (χ0v) is 24.6. The lowest BCUT2D eigenvalue weighted by molar-refractivity contribution is -0.139. The molecule has 9 heteroatoms. The molecule has 0 radical (unpaired) electrons. The van der Waals surface area contributed by atoms with Gasteiger partial charge in [0.2, 0.25) is 11.8 Å². The average Bonchev–Trinajstić information content (AvgIpc) is 2.90. The molecule has 0 aliphatic rings. The molecule has 0 saturated carbocycles. The van der Waals surface area contributed by atoms with Crippen LogP contribution in [-0.4, -0.2) is 44.3 Å². The fourth-order valence-corrected chi connectivity index (χ4v) is 5.79. The summed E-state index contributed by atoms with van der Waals surface area (Å²) in [5, 5.41) is 3.38. The highest BCUT2D eigenvalue weighted by Crippen LogP contribution is 2.28. The van der Waals surface area contributed by atoms with Crippen LogP contribution in [0, 0.1) is 19.8 Å². The first-order valence-corrected chi connectivity index (χ1v) is 14.7. The van der Waals surface area contributed by atoms with E-state index in [0.29, 0.717) is 22.8 Å². The molecule has 0 spiro atoms. The number of hydrogen-bond acceptors (Lipinski definition) is 4. The third-order valence-corrected chi connectivity index (χ3v) is 8.35. The highest BCUT2D eigenvalue weighted by molar-refractivity contribution is 7.92. The SMILES string of the molecule is Cc1ccc(C)c(N(CC(=O)N(Cc2cccc(Cl)c2)[C@@H](C)C(=O)NCC(C)C)S(=O)(=O)c2ccccc2)c1. The van der Waals surface area contributed by atoms with Crippen molar-refractivity contribution >= 4 is 39.1 Å². The maximum absolute atomic E-state index is 14.0. The number of sulfonamides is 1. The second-order valence-corrected chi connectivity index (χ2v) is 12.4. The van der Waals surface area contributed by atoms with Gasteiger partial charge in [0.25, 0.3) is 10.0 Å². The lowest BCUT2D eigenvalue weighted by atomic mass is 10.1. The number of carbonyl (C=O) groups is 2. The highest BCUT2D eigenvalue weighted by atomic mass is 35.5. The Kier molecular flexibility index (Phi) is 10.2. The Labute approximate surface area is 236 Å². The molecule has 39 heavy (non-hydrogen) atoms. The van der Waals surface area contributed by atoms with E-state index in [1.165, 1.54) is 17.0 Å². The van der Waals surface area contributed by atoms with Gasteiger partial charge < -0.3 is 10.2 Å². The molecule has 1 N–H and O–H groups in total. The summed E-state index contributed by atoms with van der Waals surface area (Å²) in [5.74, 6) is -0.597. The van der Waals surface area contributed by atoms with Crippen molar-refractivity contribution in [1.82, 2.24) is 10.2 Å². The Morgan fingerprint density at radius 1 is 0.923 bits per heavy atom. The number of amides is 2. The van der Waals surface area contributed by atoms with E-state index in [4.69, 9.17) is 11.6 Å². The molecule has 0 aromatic heterocycles. The van der Waals surface area contributed by atoms with Crippen LogP contribution >= 0.6 is 11.6 Å². The number of aryl methyl sites for hydroxylation is 2. The minimum absolute atomic E-state index is 0.0721. The Morgan fingerprint density at radius 3 is 2.26 bits per heavy atom. The van der Waals surface area contributed by atoms with E-state index < -0.39 is 28.5 Å². The third-order valence-electron chi connectivity index (χ3n) is 6.34. The highest BCUT2D eigenvalue weighted by Gasteiger charge is 2.33. The summed E-state index contributed by atoms with van der Waals surface area (Å²) in [6, 6.07) is 19.7. The van der Waals surface area contributed by atoms with E-state index in [1.54, 1.807) is 56.3 Å². The van der Waals surface area contributed by atoms with Crippen molar-refractivity contribution in [2.75, 3.05) is 17.4 Å². The van der Waals surface area contributed by atoms with Crippen molar-refractivity contribution in [2.45, 2.75) is 52.1 Å². The van der Waals surface area contributed by atoms with Crippen LogP contribution in [0.15, 0.2) is 77.7 Å². The zero-order valence-electron chi connectivity index (χ0n) is 23.0. The number of halogens is 1. The summed E-state index contributed by atoms with van der Waals surface area (Å²) in [4.78, 5) is 28.5. The van der Waals surface area contributed by atoms with E-state index in [9.17, 15) is 18.0 Å². The van der Waals surface area contributed by atoms with Crippen LogP contribution in [0.4, 0.5) is 5.69 Å². The largest absolute Gasteiger partial charge is 0.354 e. The zero-order chi connectivity index (χ0) is 28.7. The molecular formula is C30H36ClN3O4S. The molecule has 2 amide bonds. The molecule has 3 aromatic carbocycles. The molecule has 7 nitrogen and oxygen atoms in total. The lowest BCUT2D eigenvalue weighted by Crippen LogP contribution is -2.51. The number of nitrogens with one attached hydrogen (secondary N) is 1. The summed E-state index contributed by atoms with van der Waals surface area (Å²) in [5.41, 5.74) is 2.70. The minimum Gasteiger partial charge on any atom is -0.354 e. The molecule has 3 rings (SSSR count). The second kappa shape index (κ2) is 13.1. The van der Waals surface area contributed by atoms with Gasteiger partial charge in [-0.3, -0.25) is 13.9 Å². The Balaban J connectivity index is 2.04. The Morgan fingerprint density at radius 2 is 1.62 bits per heavy atom. The number of rotatable bonds is 11. The minimum atomic E-state index is -4.10. The first-order chi connectivity index (χ1) is 18.4. The normalized spacial score (nSPS) is 12.2.